The summed E-state index contributed by atoms with van der Waals surface area (Å²) in [5.41, 5.74) is 5.38. The largest absolute Gasteiger partial charge is 0.480 e. The van der Waals surface area contributed by atoms with E-state index in [1.54, 1.807) is 20.8 Å². The third-order valence-electron chi connectivity index (χ3n) is 7.24. The molecule has 1 aliphatic rings. The first kappa shape index (κ1) is 27.9. The van der Waals surface area contributed by atoms with Gasteiger partial charge in [-0.05, 0) is 41.7 Å². The Bertz CT molecular complexity index is 1270. The van der Waals surface area contributed by atoms with Gasteiger partial charge in [-0.2, -0.15) is 0 Å². The molecule has 4 unspecified atom stereocenters. The minimum Gasteiger partial charge on any atom is -0.480 e. The molecule has 8 nitrogen and oxygen atoms in total. The van der Waals surface area contributed by atoms with Crippen LogP contribution in [-0.2, 0) is 25.7 Å². The van der Waals surface area contributed by atoms with Gasteiger partial charge in [0, 0.05) is 12.0 Å². The molecule has 8 heteroatoms. The Balaban J connectivity index is 1.29. The molecule has 0 saturated carbocycles. The summed E-state index contributed by atoms with van der Waals surface area (Å²) in [6.07, 6.45) is -1.41. The van der Waals surface area contributed by atoms with Crippen molar-refractivity contribution < 1.29 is 29.0 Å². The van der Waals surface area contributed by atoms with Gasteiger partial charge in [-0.15, -0.1) is 0 Å². The molecule has 0 fully saturated rings. The van der Waals surface area contributed by atoms with E-state index in [1.807, 2.05) is 66.7 Å². The number of nitrogens with one attached hydrogen (secondary N) is 2. The number of carbonyl (C=O) groups is 3. The fourth-order valence-electron chi connectivity index (χ4n) is 4.74. The quantitative estimate of drug-likeness (QED) is 0.331. The molecule has 4 rings (SSSR count). The second kappa shape index (κ2) is 12.6. The van der Waals surface area contributed by atoms with Crippen molar-refractivity contribution in [3.05, 3.63) is 95.6 Å². The Kier molecular flexibility index (Phi) is 8.99. The number of rotatable bonds is 11. The van der Waals surface area contributed by atoms with E-state index in [-0.39, 0.29) is 19.1 Å². The highest BCUT2D eigenvalue weighted by Gasteiger charge is 2.32. The van der Waals surface area contributed by atoms with Crippen LogP contribution in [0.25, 0.3) is 11.1 Å². The molecule has 3 aromatic carbocycles. The van der Waals surface area contributed by atoms with E-state index in [9.17, 15) is 19.5 Å². The number of carbonyl (C=O) groups excluding carboxylic acids is 2. The van der Waals surface area contributed by atoms with Gasteiger partial charge < -0.3 is 25.2 Å². The SMILES string of the molecule is CC(NC(=O)OCC1c2ccccc2-c2ccccc21)C(C)C(=O)NC(C(=O)O)C(C)OCc1ccccc1. The summed E-state index contributed by atoms with van der Waals surface area (Å²) in [5, 5.41) is 14.9. The number of hydrogen-bond donors (Lipinski definition) is 3. The molecule has 0 bridgehead atoms. The molecule has 2 amide bonds. The van der Waals surface area contributed by atoms with Crippen LogP contribution in [0.2, 0.25) is 0 Å². The van der Waals surface area contributed by atoms with Gasteiger partial charge >= 0.3 is 12.1 Å². The van der Waals surface area contributed by atoms with Gasteiger partial charge in [-0.1, -0.05) is 85.8 Å². The predicted octanol–water partition coefficient (Wildman–Crippen LogP) is 4.72. The number of aliphatic carboxylic acids is 1. The van der Waals surface area contributed by atoms with Crippen molar-refractivity contribution in [2.24, 2.45) is 5.92 Å². The number of amides is 2. The van der Waals surface area contributed by atoms with Crippen LogP contribution in [0.4, 0.5) is 4.79 Å². The lowest BCUT2D eigenvalue weighted by molar-refractivity contribution is -0.147. The molecule has 0 spiro atoms. The highest BCUT2D eigenvalue weighted by atomic mass is 16.5. The molecule has 204 valence electrons. The summed E-state index contributed by atoms with van der Waals surface area (Å²) in [4.78, 5) is 37.4. The van der Waals surface area contributed by atoms with Crippen molar-refractivity contribution in [2.45, 2.75) is 51.5 Å². The van der Waals surface area contributed by atoms with E-state index < -0.39 is 42.1 Å². The molecule has 0 aromatic heterocycles. The highest BCUT2D eigenvalue weighted by molar-refractivity contribution is 5.86. The Hall–Kier alpha value is -4.17. The minimum absolute atomic E-state index is 0.0760. The summed E-state index contributed by atoms with van der Waals surface area (Å²) >= 11 is 0. The molecule has 3 aromatic rings. The number of carboxylic acids is 1. The number of ether oxygens (including phenoxy) is 2. The zero-order chi connectivity index (χ0) is 27.9. The molecule has 0 saturated heterocycles. The maximum absolute atomic E-state index is 12.9. The van der Waals surface area contributed by atoms with Crippen LogP contribution in [0.3, 0.4) is 0 Å². The lowest BCUT2D eigenvalue weighted by atomic mass is 9.98. The van der Waals surface area contributed by atoms with E-state index in [0.717, 1.165) is 27.8 Å². The zero-order valence-corrected chi connectivity index (χ0v) is 22.3. The number of carboxylic acid groups (broad SMARTS) is 1. The second-order valence-corrected chi connectivity index (χ2v) is 9.87. The number of alkyl carbamates (subject to hydrolysis) is 1. The fraction of sp³-hybridized carbons (Fsp3) is 0.323. The summed E-state index contributed by atoms with van der Waals surface area (Å²) in [6, 6.07) is 23.7. The smallest absolute Gasteiger partial charge is 0.407 e. The average molecular weight is 531 g/mol. The molecule has 39 heavy (non-hydrogen) atoms. The van der Waals surface area contributed by atoms with Crippen molar-refractivity contribution in [1.29, 1.82) is 0 Å². The molecule has 3 N–H and O–H groups in total. The van der Waals surface area contributed by atoms with Crippen LogP contribution in [0.5, 0.6) is 0 Å². The van der Waals surface area contributed by atoms with Gasteiger partial charge in [0.05, 0.1) is 18.6 Å². The molecule has 1 aliphatic carbocycles. The van der Waals surface area contributed by atoms with Crippen molar-refractivity contribution >= 4 is 18.0 Å². The van der Waals surface area contributed by atoms with Crippen molar-refractivity contribution in [2.75, 3.05) is 6.61 Å². The van der Waals surface area contributed by atoms with E-state index in [1.165, 1.54) is 0 Å². The first-order valence-corrected chi connectivity index (χ1v) is 13.1. The minimum atomic E-state index is -1.25. The van der Waals surface area contributed by atoms with Crippen LogP contribution >= 0.6 is 0 Å². The van der Waals surface area contributed by atoms with Gasteiger partial charge in [0.2, 0.25) is 5.91 Å². The first-order valence-electron chi connectivity index (χ1n) is 13.1. The molecular weight excluding hydrogens is 496 g/mol. The van der Waals surface area contributed by atoms with Gasteiger partial charge in [0.15, 0.2) is 6.04 Å². The van der Waals surface area contributed by atoms with Crippen molar-refractivity contribution in [3.8, 4) is 11.1 Å². The topological polar surface area (TPSA) is 114 Å². The zero-order valence-electron chi connectivity index (χ0n) is 22.3. The Labute approximate surface area is 228 Å². The maximum Gasteiger partial charge on any atom is 0.407 e. The normalized spacial score (nSPS) is 15.3. The fourth-order valence-corrected chi connectivity index (χ4v) is 4.74. The lowest BCUT2D eigenvalue weighted by Gasteiger charge is -2.26. The van der Waals surface area contributed by atoms with Crippen LogP contribution < -0.4 is 10.6 Å². The van der Waals surface area contributed by atoms with E-state index in [2.05, 4.69) is 22.8 Å². The van der Waals surface area contributed by atoms with Gasteiger partial charge in [0.1, 0.15) is 6.61 Å². The van der Waals surface area contributed by atoms with Crippen LogP contribution in [0, 0.1) is 5.92 Å². The van der Waals surface area contributed by atoms with Crippen LogP contribution in [0.1, 0.15) is 43.4 Å². The van der Waals surface area contributed by atoms with Crippen LogP contribution in [-0.4, -0.2) is 47.9 Å². The van der Waals surface area contributed by atoms with Crippen molar-refractivity contribution in [3.63, 3.8) is 0 Å². The van der Waals surface area contributed by atoms with E-state index >= 15 is 0 Å². The van der Waals surface area contributed by atoms with Crippen molar-refractivity contribution in [1.82, 2.24) is 10.6 Å². The lowest BCUT2D eigenvalue weighted by Crippen LogP contribution is -2.53. The molecular formula is C31H34N2O6. The monoisotopic (exact) mass is 530 g/mol. The van der Waals surface area contributed by atoms with E-state index in [0.29, 0.717) is 0 Å². The molecule has 0 radical (unpaired) electrons. The van der Waals surface area contributed by atoms with Gasteiger partial charge in [0.25, 0.3) is 0 Å². The van der Waals surface area contributed by atoms with E-state index in [4.69, 9.17) is 9.47 Å². The molecule has 0 heterocycles. The summed E-state index contributed by atoms with van der Waals surface area (Å²) in [5.74, 6) is -2.50. The summed E-state index contributed by atoms with van der Waals surface area (Å²) < 4.78 is 11.3. The van der Waals surface area contributed by atoms with Crippen LogP contribution in [0.15, 0.2) is 78.9 Å². The summed E-state index contributed by atoms with van der Waals surface area (Å²) in [6.45, 7) is 5.28. The summed E-state index contributed by atoms with van der Waals surface area (Å²) in [7, 11) is 0. The second-order valence-electron chi connectivity index (χ2n) is 9.87. The van der Waals surface area contributed by atoms with Gasteiger partial charge in [-0.3, -0.25) is 4.79 Å². The molecule has 0 aliphatic heterocycles. The average Bonchev–Trinajstić information content (AvgIpc) is 3.27. The number of hydrogen-bond acceptors (Lipinski definition) is 5. The highest BCUT2D eigenvalue weighted by Crippen LogP contribution is 2.44. The third-order valence-corrected chi connectivity index (χ3v) is 7.24. The predicted molar refractivity (Wildman–Crippen MR) is 147 cm³/mol. The number of benzene rings is 3. The Morgan fingerprint density at radius 3 is 1.97 bits per heavy atom. The Morgan fingerprint density at radius 1 is 0.821 bits per heavy atom. The maximum atomic E-state index is 12.9. The third kappa shape index (κ3) is 6.64. The van der Waals surface area contributed by atoms with Gasteiger partial charge in [-0.25, -0.2) is 9.59 Å². The first-order chi connectivity index (χ1) is 18.8. The molecule has 4 atom stereocenters. The standard InChI is InChI=1S/C31H34N2O6/c1-19(29(34)33-28(30(35)36)21(3)38-17-22-11-5-4-6-12-22)20(2)32-31(37)39-18-27-25-15-9-7-13-23(25)24-14-8-10-16-26(24)27/h4-16,19-21,27-28H,17-18H2,1-3H3,(H,32,37)(H,33,34)(H,35,36). The Morgan fingerprint density at radius 2 is 1.38 bits per heavy atom. The number of fused-ring (bicyclic) bond motifs is 3.